The predicted molar refractivity (Wildman–Crippen MR) is 110 cm³/mol. The second kappa shape index (κ2) is 7.16. The van der Waals surface area contributed by atoms with Crippen LogP contribution in [0.3, 0.4) is 0 Å². The lowest BCUT2D eigenvalue weighted by Gasteiger charge is -2.53. The summed E-state index contributed by atoms with van der Waals surface area (Å²) >= 11 is 0. The third-order valence-electron chi connectivity index (χ3n) is 6.78. The lowest BCUT2D eigenvalue weighted by Crippen LogP contribution is -2.70. The number of aliphatic hydroxyl groups is 3. The Hall–Kier alpha value is -3.21. The number of likely N-dealkylation sites (N-methyl/N-ethyl adjacent to an activating group) is 1. The summed E-state index contributed by atoms with van der Waals surface area (Å²) in [5.41, 5.74) is 2.01. The molecule has 170 valence electrons. The molecule has 0 aliphatic heterocycles. The van der Waals surface area contributed by atoms with E-state index in [0.29, 0.717) is 5.56 Å². The number of hydrogen-bond donors (Lipinski definition) is 5. The Labute approximate surface area is 183 Å². The quantitative estimate of drug-likeness (QED) is 0.389. The van der Waals surface area contributed by atoms with Crippen molar-refractivity contribution in [1.29, 1.82) is 0 Å². The first kappa shape index (κ1) is 22.0. The number of benzene rings is 1. The molecule has 1 amide bonds. The van der Waals surface area contributed by atoms with Gasteiger partial charge in [-0.1, -0.05) is 12.1 Å². The number of carbonyl (C=O) groups is 3. The number of phenolic OH excluding ortho intramolecular Hbond substituents is 1. The summed E-state index contributed by atoms with van der Waals surface area (Å²) in [6.07, 6.45) is -0.847. The summed E-state index contributed by atoms with van der Waals surface area (Å²) in [5, 5.41) is 43.7. The van der Waals surface area contributed by atoms with Gasteiger partial charge < -0.3 is 30.9 Å². The molecule has 3 aliphatic rings. The van der Waals surface area contributed by atoms with Crippen LogP contribution in [0, 0.1) is 11.8 Å². The van der Waals surface area contributed by atoms with Crippen molar-refractivity contribution < 1.29 is 39.5 Å². The SMILES string of the molecule is CO[C@@H]1[C@H]2[C@H](N(C)C)C(=O)C(C(N)=O)=C(O)[C@@]2(O)C(=O)C2=C(O)c3c(O)cccc3C[C@H]21. The molecule has 1 aromatic rings. The van der Waals surface area contributed by atoms with Gasteiger partial charge in [0.1, 0.15) is 22.8 Å². The number of hydrogen-bond acceptors (Lipinski definition) is 9. The number of Topliss-reactive ketones (excluding diaryl/α,β-unsaturated/α-hetero) is 2. The van der Waals surface area contributed by atoms with Crippen molar-refractivity contribution >= 4 is 23.2 Å². The molecule has 1 saturated carbocycles. The fourth-order valence-electron chi connectivity index (χ4n) is 5.48. The number of nitrogens with zero attached hydrogens (tertiary/aromatic N) is 1. The molecule has 0 unspecified atom stereocenters. The first-order valence-corrected chi connectivity index (χ1v) is 9.96. The van der Waals surface area contributed by atoms with Gasteiger partial charge in [0, 0.05) is 18.6 Å². The largest absolute Gasteiger partial charge is 0.508 e. The number of methoxy groups -OCH3 is 1. The standard InChI is InChI=1S/C22H24N2O8/c1-24(2)15-14-18(32-3)9-7-8-5-4-6-10(25)11(8)16(26)12(9)19(28)22(14,31)20(29)13(17(15)27)21(23)30/h4-6,9,14-15,18,25-26,29,31H,7H2,1-3H3,(H2,23,30)/t9-,14-,15+,18+,22+/m1/s1. The highest BCUT2D eigenvalue weighted by Crippen LogP contribution is 2.53. The van der Waals surface area contributed by atoms with Crippen molar-refractivity contribution in [3.05, 3.63) is 46.2 Å². The topological polar surface area (TPSA) is 171 Å². The van der Waals surface area contributed by atoms with Crippen LogP contribution in [-0.2, 0) is 25.5 Å². The van der Waals surface area contributed by atoms with Crippen molar-refractivity contribution in [2.75, 3.05) is 21.2 Å². The third kappa shape index (κ3) is 2.60. The number of fused-ring (bicyclic) bond motifs is 3. The van der Waals surface area contributed by atoms with Crippen molar-refractivity contribution in [2.45, 2.75) is 24.2 Å². The average Bonchev–Trinajstić information content (AvgIpc) is 2.70. The molecule has 0 heterocycles. The van der Waals surface area contributed by atoms with Gasteiger partial charge in [-0.2, -0.15) is 0 Å². The predicted octanol–water partition coefficient (Wildman–Crippen LogP) is -0.411. The molecule has 3 aliphatic carbocycles. The van der Waals surface area contributed by atoms with Crippen LogP contribution < -0.4 is 5.73 Å². The zero-order chi connectivity index (χ0) is 23.7. The van der Waals surface area contributed by atoms with E-state index in [-0.39, 0.29) is 23.3 Å². The Bertz CT molecular complexity index is 1120. The minimum atomic E-state index is -2.75. The van der Waals surface area contributed by atoms with E-state index in [0.717, 1.165) is 0 Å². The average molecular weight is 444 g/mol. The van der Waals surface area contributed by atoms with E-state index < -0.39 is 64.1 Å². The summed E-state index contributed by atoms with van der Waals surface area (Å²) in [7, 11) is 4.38. The normalized spacial score (nSPS) is 32.0. The van der Waals surface area contributed by atoms with Gasteiger partial charge >= 0.3 is 0 Å². The van der Waals surface area contributed by atoms with Crippen LogP contribution in [0.1, 0.15) is 11.1 Å². The highest BCUT2D eigenvalue weighted by atomic mass is 16.5. The van der Waals surface area contributed by atoms with Gasteiger partial charge in [-0.15, -0.1) is 0 Å². The summed E-state index contributed by atoms with van der Waals surface area (Å²) in [6.45, 7) is 0. The fraction of sp³-hybridized carbons (Fsp3) is 0.409. The second-order valence-corrected chi connectivity index (χ2v) is 8.57. The maximum atomic E-state index is 13.7. The molecule has 0 spiro atoms. The minimum absolute atomic E-state index is 0.0404. The van der Waals surface area contributed by atoms with Gasteiger partial charge in [-0.3, -0.25) is 19.3 Å². The number of rotatable bonds is 3. The number of carbonyl (C=O) groups excluding carboxylic acids is 3. The summed E-state index contributed by atoms with van der Waals surface area (Å²) < 4.78 is 5.66. The summed E-state index contributed by atoms with van der Waals surface area (Å²) in [6, 6.07) is 3.40. The van der Waals surface area contributed by atoms with E-state index in [9.17, 15) is 34.8 Å². The van der Waals surface area contributed by atoms with Crippen molar-refractivity contribution in [1.82, 2.24) is 4.90 Å². The van der Waals surface area contributed by atoms with Crippen LogP contribution in [0.4, 0.5) is 0 Å². The Morgan fingerprint density at radius 2 is 1.88 bits per heavy atom. The van der Waals surface area contributed by atoms with Crippen molar-refractivity contribution in [3.63, 3.8) is 0 Å². The third-order valence-corrected chi connectivity index (χ3v) is 6.78. The van der Waals surface area contributed by atoms with Gasteiger partial charge in [0.05, 0.1) is 23.6 Å². The Morgan fingerprint density at radius 3 is 2.44 bits per heavy atom. The molecule has 4 rings (SSSR count). The maximum absolute atomic E-state index is 13.7. The number of ketones is 2. The summed E-state index contributed by atoms with van der Waals surface area (Å²) in [4.78, 5) is 40.2. The molecule has 1 fully saturated rings. The Balaban J connectivity index is 2.06. The highest BCUT2D eigenvalue weighted by molar-refractivity contribution is 6.24. The zero-order valence-corrected chi connectivity index (χ0v) is 17.7. The molecule has 32 heavy (non-hydrogen) atoms. The van der Waals surface area contributed by atoms with E-state index >= 15 is 0 Å². The number of amides is 1. The van der Waals surface area contributed by atoms with E-state index in [1.165, 1.54) is 32.2 Å². The molecular weight excluding hydrogens is 420 g/mol. The number of aliphatic hydroxyl groups excluding tert-OH is 2. The van der Waals surface area contributed by atoms with Crippen LogP contribution in [0.15, 0.2) is 35.1 Å². The molecule has 5 atom stereocenters. The molecule has 0 aromatic heterocycles. The first-order chi connectivity index (χ1) is 15.0. The van der Waals surface area contributed by atoms with Crippen molar-refractivity contribution in [2.24, 2.45) is 17.6 Å². The molecule has 10 heteroatoms. The van der Waals surface area contributed by atoms with Crippen LogP contribution in [0.5, 0.6) is 5.75 Å². The summed E-state index contributed by atoms with van der Waals surface area (Å²) in [5.74, 6) is -7.27. The van der Waals surface area contributed by atoms with Crippen LogP contribution >= 0.6 is 0 Å². The number of aromatic hydroxyl groups is 1. The van der Waals surface area contributed by atoms with E-state index in [1.807, 2.05) is 0 Å². The van der Waals surface area contributed by atoms with Crippen LogP contribution in [0.25, 0.3) is 5.76 Å². The number of nitrogens with two attached hydrogens (primary N) is 1. The fourth-order valence-corrected chi connectivity index (χ4v) is 5.48. The van der Waals surface area contributed by atoms with E-state index in [4.69, 9.17) is 10.5 Å². The molecule has 0 bridgehead atoms. The van der Waals surface area contributed by atoms with Crippen molar-refractivity contribution in [3.8, 4) is 5.75 Å². The number of primary amides is 1. The zero-order valence-electron chi connectivity index (χ0n) is 17.7. The molecule has 6 N–H and O–H groups in total. The highest BCUT2D eigenvalue weighted by Gasteiger charge is 2.67. The molecule has 0 saturated heterocycles. The number of ether oxygens (including phenoxy) is 1. The lowest BCUT2D eigenvalue weighted by molar-refractivity contribution is -0.171. The molecule has 1 aromatic carbocycles. The van der Waals surface area contributed by atoms with Gasteiger partial charge in [-0.25, -0.2) is 0 Å². The van der Waals surface area contributed by atoms with Crippen LogP contribution in [0.2, 0.25) is 0 Å². The first-order valence-electron chi connectivity index (χ1n) is 9.96. The van der Waals surface area contributed by atoms with E-state index in [1.54, 1.807) is 12.1 Å². The smallest absolute Gasteiger partial charge is 0.255 e. The minimum Gasteiger partial charge on any atom is -0.508 e. The molecule has 0 radical (unpaired) electrons. The Kier molecular flexibility index (Phi) is 4.92. The van der Waals surface area contributed by atoms with Crippen LogP contribution in [-0.4, -0.2) is 81.8 Å². The van der Waals surface area contributed by atoms with E-state index in [2.05, 4.69) is 0 Å². The van der Waals surface area contributed by atoms with Gasteiger partial charge in [0.2, 0.25) is 5.78 Å². The Morgan fingerprint density at radius 1 is 1.22 bits per heavy atom. The molecular formula is C22H24N2O8. The van der Waals surface area contributed by atoms with Gasteiger partial charge in [0.15, 0.2) is 11.4 Å². The lowest BCUT2D eigenvalue weighted by atomic mass is 9.56. The monoisotopic (exact) mass is 444 g/mol. The second-order valence-electron chi connectivity index (χ2n) is 8.57. The van der Waals surface area contributed by atoms with Gasteiger partial charge in [0.25, 0.3) is 5.91 Å². The maximum Gasteiger partial charge on any atom is 0.255 e. The van der Waals surface area contributed by atoms with Gasteiger partial charge in [-0.05, 0) is 32.1 Å². The molecule has 10 nitrogen and oxygen atoms in total. The number of phenols is 1.